The van der Waals surface area contributed by atoms with Crippen LogP contribution in [0.4, 0.5) is 0 Å². The molecule has 3 aromatic rings. The summed E-state index contributed by atoms with van der Waals surface area (Å²) < 4.78 is 0. The van der Waals surface area contributed by atoms with Gasteiger partial charge in [0.05, 0.1) is 0 Å². The molecule has 1 aromatic heterocycles. The van der Waals surface area contributed by atoms with Crippen LogP contribution in [0.15, 0.2) is 48.5 Å². The van der Waals surface area contributed by atoms with E-state index in [1.807, 2.05) is 0 Å². The number of aromatic nitrogens is 1. The first kappa shape index (κ1) is 16.4. The lowest BCUT2D eigenvalue weighted by molar-refractivity contribution is 0.187. The van der Waals surface area contributed by atoms with Crippen molar-refractivity contribution in [1.29, 1.82) is 0 Å². The molecule has 2 nitrogen and oxygen atoms in total. The van der Waals surface area contributed by atoms with Gasteiger partial charge in [-0.3, -0.25) is 4.90 Å². The monoisotopic (exact) mass is 332 g/mol. The molecule has 0 fully saturated rings. The fourth-order valence-corrected chi connectivity index (χ4v) is 4.54. The molecule has 0 bridgehead atoms. The summed E-state index contributed by atoms with van der Waals surface area (Å²) in [6, 6.07) is 18.2. The molecule has 2 aromatic carbocycles. The summed E-state index contributed by atoms with van der Waals surface area (Å²) in [6.07, 6.45) is 4.84. The number of nitrogens with one attached hydrogen (secondary N) is 1. The third kappa shape index (κ3) is 2.89. The number of aryl methyl sites for hydroxylation is 1. The van der Waals surface area contributed by atoms with Crippen LogP contribution >= 0.6 is 0 Å². The Morgan fingerprint density at radius 3 is 2.44 bits per heavy atom. The van der Waals surface area contributed by atoms with E-state index in [1.54, 1.807) is 0 Å². The van der Waals surface area contributed by atoms with E-state index in [0.717, 1.165) is 6.42 Å². The van der Waals surface area contributed by atoms with E-state index in [9.17, 15) is 0 Å². The van der Waals surface area contributed by atoms with Crippen LogP contribution in [0.3, 0.4) is 0 Å². The molecule has 1 atom stereocenters. The van der Waals surface area contributed by atoms with Crippen LogP contribution in [-0.2, 0) is 6.42 Å². The van der Waals surface area contributed by atoms with Gasteiger partial charge in [-0.15, -0.1) is 0 Å². The van der Waals surface area contributed by atoms with Gasteiger partial charge in [0.1, 0.15) is 0 Å². The molecule has 4 rings (SSSR count). The number of benzene rings is 2. The Morgan fingerprint density at radius 1 is 0.960 bits per heavy atom. The van der Waals surface area contributed by atoms with Gasteiger partial charge in [-0.25, -0.2) is 0 Å². The molecule has 0 amide bonds. The summed E-state index contributed by atoms with van der Waals surface area (Å²) in [7, 11) is 0. The normalized spacial score (nSPS) is 16.7. The smallest absolute Gasteiger partial charge is 0.0497 e. The topological polar surface area (TPSA) is 19.0 Å². The molecule has 0 radical (unpaired) electrons. The van der Waals surface area contributed by atoms with Crippen LogP contribution in [0.1, 0.15) is 50.3 Å². The molecular formula is C23H28N2. The van der Waals surface area contributed by atoms with E-state index in [4.69, 9.17) is 0 Å². The Balaban J connectivity index is 1.83. The summed E-state index contributed by atoms with van der Waals surface area (Å²) in [5.41, 5.74) is 6.96. The summed E-state index contributed by atoms with van der Waals surface area (Å²) in [5.74, 6) is 0. The zero-order valence-electron chi connectivity index (χ0n) is 15.4. The lowest BCUT2D eigenvalue weighted by atomic mass is 9.86. The van der Waals surface area contributed by atoms with Crippen molar-refractivity contribution >= 4 is 10.9 Å². The molecule has 1 aliphatic rings. The fraction of sp³-hybridized carbons (Fsp3) is 0.391. The van der Waals surface area contributed by atoms with Crippen molar-refractivity contribution in [2.24, 2.45) is 0 Å². The largest absolute Gasteiger partial charge is 0.354 e. The molecule has 0 saturated heterocycles. The maximum absolute atomic E-state index is 3.72. The zero-order chi connectivity index (χ0) is 17.2. The molecule has 1 N–H and O–H groups in total. The summed E-state index contributed by atoms with van der Waals surface area (Å²) in [5, 5.41) is 1.48. The minimum Gasteiger partial charge on any atom is -0.354 e. The van der Waals surface area contributed by atoms with E-state index in [2.05, 4.69) is 72.3 Å². The number of nitrogens with zero attached hydrogens (tertiary/aromatic N) is 1. The number of H-pyrrole nitrogens is 1. The Kier molecular flexibility index (Phi) is 4.63. The van der Waals surface area contributed by atoms with Gasteiger partial charge in [0, 0.05) is 22.6 Å². The average molecular weight is 332 g/mol. The van der Waals surface area contributed by atoms with E-state index in [1.165, 1.54) is 65.6 Å². The van der Waals surface area contributed by atoms with E-state index in [0.29, 0.717) is 6.04 Å². The Labute approximate surface area is 150 Å². The van der Waals surface area contributed by atoms with Gasteiger partial charge in [0.15, 0.2) is 0 Å². The van der Waals surface area contributed by atoms with Crippen molar-refractivity contribution in [3.8, 4) is 11.3 Å². The highest BCUT2D eigenvalue weighted by molar-refractivity contribution is 5.94. The second-order valence-corrected chi connectivity index (χ2v) is 7.20. The Bertz CT molecular complexity index is 841. The SMILES string of the molecule is CCCN(CCC)C1CCc2c(-c3ccccc3)[nH]c3cccc1c23. The third-order valence-electron chi connectivity index (χ3n) is 5.51. The first-order valence-electron chi connectivity index (χ1n) is 9.76. The van der Waals surface area contributed by atoms with E-state index >= 15 is 0 Å². The van der Waals surface area contributed by atoms with Gasteiger partial charge >= 0.3 is 0 Å². The first-order valence-corrected chi connectivity index (χ1v) is 9.76. The average Bonchev–Trinajstić information content (AvgIpc) is 3.03. The van der Waals surface area contributed by atoms with Crippen LogP contribution in [-0.4, -0.2) is 23.0 Å². The number of aromatic amines is 1. The number of hydrogen-bond acceptors (Lipinski definition) is 1. The van der Waals surface area contributed by atoms with Crippen LogP contribution in [0.5, 0.6) is 0 Å². The molecule has 1 heterocycles. The van der Waals surface area contributed by atoms with E-state index < -0.39 is 0 Å². The quantitative estimate of drug-likeness (QED) is 0.591. The Hall–Kier alpha value is -2.06. The molecule has 25 heavy (non-hydrogen) atoms. The van der Waals surface area contributed by atoms with Gasteiger partial charge in [-0.2, -0.15) is 0 Å². The van der Waals surface area contributed by atoms with Crippen molar-refractivity contribution < 1.29 is 0 Å². The van der Waals surface area contributed by atoms with Crippen molar-refractivity contribution in [2.45, 2.75) is 45.6 Å². The lowest BCUT2D eigenvalue weighted by Crippen LogP contribution is -2.32. The van der Waals surface area contributed by atoms with Gasteiger partial charge in [0.2, 0.25) is 0 Å². The minimum absolute atomic E-state index is 0.565. The molecular weight excluding hydrogens is 304 g/mol. The maximum Gasteiger partial charge on any atom is 0.0497 e. The molecule has 2 heteroatoms. The second-order valence-electron chi connectivity index (χ2n) is 7.20. The molecule has 0 spiro atoms. The zero-order valence-corrected chi connectivity index (χ0v) is 15.4. The second kappa shape index (κ2) is 7.05. The number of rotatable bonds is 6. The minimum atomic E-state index is 0.565. The highest BCUT2D eigenvalue weighted by Crippen LogP contribution is 2.42. The lowest BCUT2D eigenvalue weighted by Gasteiger charge is -2.34. The Morgan fingerprint density at radius 2 is 1.72 bits per heavy atom. The van der Waals surface area contributed by atoms with Crippen LogP contribution in [0, 0.1) is 0 Å². The molecule has 0 aliphatic heterocycles. The van der Waals surface area contributed by atoms with Crippen LogP contribution < -0.4 is 0 Å². The predicted molar refractivity (Wildman–Crippen MR) is 107 cm³/mol. The summed E-state index contributed by atoms with van der Waals surface area (Å²) in [6.45, 7) is 6.98. The van der Waals surface area contributed by atoms with E-state index in [-0.39, 0.29) is 0 Å². The molecule has 1 aliphatic carbocycles. The van der Waals surface area contributed by atoms with Gasteiger partial charge in [0.25, 0.3) is 0 Å². The molecule has 130 valence electrons. The molecule has 0 saturated carbocycles. The fourth-order valence-electron chi connectivity index (χ4n) is 4.54. The standard InChI is InChI=1S/C23H28N2/c1-3-15-25(16-4-2)21-14-13-19-22-18(21)11-8-12-20(22)24-23(19)17-9-6-5-7-10-17/h5-12,21,24H,3-4,13-16H2,1-2H3. The van der Waals surface area contributed by atoms with Crippen molar-refractivity contribution in [1.82, 2.24) is 9.88 Å². The molecule has 1 unspecified atom stereocenters. The van der Waals surface area contributed by atoms with Gasteiger partial charge in [-0.1, -0.05) is 56.3 Å². The first-order chi connectivity index (χ1) is 12.3. The van der Waals surface area contributed by atoms with Crippen LogP contribution in [0.2, 0.25) is 0 Å². The summed E-state index contributed by atoms with van der Waals surface area (Å²) in [4.78, 5) is 6.42. The van der Waals surface area contributed by atoms with Crippen molar-refractivity contribution in [2.75, 3.05) is 13.1 Å². The third-order valence-corrected chi connectivity index (χ3v) is 5.51. The highest BCUT2D eigenvalue weighted by Gasteiger charge is 2.28. The van der Waals surface area contributed by atoms with Crippen molar-refractivity contribution in [3.05, 3.63) is 59.7 Å². The predicted octanol–water partition coefficient (Wildman–Crippen LogP) is 5.94. The van der Waals surface area contributed by atoms with Gasteiger partial charge < -0.3 is 4.98 Å². The number of hydrogen-bond donors (Lipinski definition) is 1. The van der Waals surface area contributed by atoms with Crippen molar-refractivity contribution in [3.63, 3.8) is 0 Å². The highest BCUT2D eigenvalue weighted by atomic mass is 15.1. The summed E-state index contributed by atoms with van der Waals surface area (Å²) >= 11 is 0. The van der Waals surface area contributed by atoms with Gasteiger partial charge in [-0.05, 0) is 61.5 Å². The maximum atomic E-state index is 3.72. The van der Waals surface area contributed by atoms with Crippen LogP contribution in [0.25, 0.3) is 22.2 Å².